The smallest absolute Gasteiger partial charge is 0.285 e. The van der Waals surface area contributed by atoms with Crippen molar-refractivity contribution in [1.82, 2.24) is 0 Å². The summed E-state index contributed by atoms with van der Waals surface area (Å²) < 4.78 is 30.9. The van der Waals surface area contributed by atoms with Crippen molar-refractivity contribution in [3.05, 3.63) is 53.6 Å². The van der Waals surface area contributed by atoms with Crippen LogP contribution < -0.4 is 0 Å². The molecule has 0 spiro atoms. The van der Waals surface area contributed by atoms with Gasteiger partial charge in [-0.2, -0.15) is 8.42 Å². The molecule has 0 amide bonds. The molecule has 0 heterocycles. The van der Waals surface area contributed by atoms with Gasteiger partial charge >= 0.3 is 0 Å². The van der Waals surface area contributed by atoms with Crippen LogP contribution >= 0.6 is 0 Å². The molecule has 0 aromatic heterocycles. The lowest BCUT2D eigenvalue weighted by Crippen LogP contribution is -2.07. The van der Waals surface area contributed by atoms with E-state index in [9.17, 15) is 8.42 Å². The number of rotatable bonds is 4. The largest absolute Gasteiger partial charge is 0.294 e. The zero-order valence-electron chi connectivity index (χ0n) is 11.3. The van der Waals surface area contributed by atoms with Crippen molar-refractivity contribution in [2.45, 2.75) is 24.7 Å². The van der Waals surface area contributed by atoms with Crippen LogP contribution in [0.5, 0.6) is 0 Å². The van der Waals surface area contributed by atoms with Crippen molar-refractivity contribution in [2.75, 3.05) is 6.54 Å². The second-order valence-corrected chi connectivity index (χ2v) is 5.94. The molecule has 0 bridgehead atoms. The summed E-state index contributed by atoms with van der Waals surface area (Å²) in [7, 11) is -4.12. The topological polar surface area (TPSA) is 66.7 Å². The summed E-state index contributed by atoms with van der Waals surface area (Å²) in [5, 5.41) is 0. The van der Waals surface area contributed by atoms with Crippen molar-refractivity contribution >= 4 is 15.8 Å². The van der Waals surface area contributed by atoms with E-state index < -0.39 is 10.1 Å². The highest BCUT2D eigenvalue weighted by Gasteiger charge is 2.11. The maximum atomic E-state index is 11.0. The highest BCUT2D eigenvalue weighted by Crippen LogP contribution is 2.17. The normalized spacial score (nSPS) is 17.3. The second kappa shape index (κ2) is 6.15. The minimum atomic E-state index is -4.12. The maximum Gasteiger partial charge on any atom is 0.294 e. The Hall–Kier alpha value is -1.72. The van der Waals surface area contributed by atoms with Gasteiger partial charge < -0.3 is 0 Å². The Labute approximate surface area is 119 Å². The van der Waals surface area contributed by atoms with Crippen LogP contribution in [0.25, 0.3) is 0 Å². The lowest BCUT2D eigenvalue weighted by Gasteiger charge is -2.12. The van der Waals surface area contributed by atoms with E-state index in [1.54, 1.807) is 12.1 Å². The molecule has 0 saturated heterocycles. The molecular weight excluding hydrogens is 274 g/mol. The summed E-state index contributed by atoms with van der Waals surface area (Å²) in [6, 6.07) is 6.26. The van der Waals surface area contributed by atoms with E-state index in [1.807, 2.05) is 13.0 Å². The predicted molar refractivity (Wildman–Crippen MR) is 79.8 cm³/mol. The first-order chi connectivity index (χ1) is 9.50. The van der Waals surface area contributed by atoms with Gasteiger partial charge in [0, 0.05) is 6.54 Å². The van der Waals surface area contributed by atoms with Crippen LogP contribution in [0.2, 0.25) is 0 Å². The Morgan fingerprint density at radius 1 is 1.25 bits per heavy atom. The highest BCUT2D eigenvalue weighted by atomic mass is 32.2. The molecule has 2 rings (SSSR count). The first-order valence-corrected chi connectivity index (χ1v) is 7.91. The Morgan fingerprint density at radius 2 is 1.95 bits per heavy atom. The zero-order valence-corrected chi connectivity index (χ0v) is 12.1. The Balaban J connectivity index is 2.18. The lowest BCUT2D eigenvalue weighted by molar-refractivity contribution is 0.483. The van der Waals surface area contributed by atoms with Gasteiger partial charge in [-0.05, 0) is 49.1 Å². The number of benzene rings is 1. The van der Waals surface area contributed by atoms with E-state index in [4.69, 9.17) is 4.55 Å². The van der Waals surface area contributed by atoms with Gasteiger partial charge in [0.2, 0.25) is 0 Å². The molecule has 4 nitrogen and oxygen atoms in total. The maximum absolute atomic E-state index is 11.0. The fraction of sp³-hybridized carbons (Fsp3) is 0.267. The summed E-state index contributed by atoms with van der Waals surface area (Å²) in [6.07, 6.45) is 7.81. The van der Waals surface area contributed by atoms with Gasteiger partial charge in [-0.1, -0.05) is 24.3 Å². The van der Waals surface area contributed by atoms with Gasteiger partial charge in [-0.15, -0.1) is 0 Å². The SMILES string of the molecule is CCN=C1C=CCC=C1Cc1ccc(S(=O)(=O)O)cc1. The summed E-state index contributed by atoms with van der Waals surface area (Å²) in [4.78, 5) is 4.36. The quantitative estimate of drug-likeness (QED) is 0.867. The van der Waals surface area contributed by atoms with Gasteiger partial charge in [0.05, 0.1) is 10.6 Å². The predicted octanol–water partition coefficient (Wildman–Crippen LogP) is 2.82. The molecule has 5 heteroatoms. The molecule has 1 aromatic carbocycles. The molecule has 0 atom stereocenters. The third kappa shape index (κ3) is 3.65. The van der Waals surface area contributed by atoms with Crippen LogP contribution in [-0.2, 0) is 16.5 Å². The number of nitrogens with zero attached hydrogens (tertiary/aromatic N) is 1. The van der Waals surface area contributed by atoms with E-state index in [0.29, 0.717) is 6.42 Å². The van der Waals surface area contributed by atoms with Crippen LogP contribution in [0.1, 0.15) is 18.9 Å². The van der Waals surface area contributed by atoms with Gasteiger partial charge in [-0.3, -0.25) is 9.55 Å². The average Bonchev–Trinajstić information content (AvgIpc) is 2.41. The summed E-state index contributed by atoms with van der Waals surface area (Å²) in [6.45, 7) is 2.73. The molecule has 1 N–H and O–H groups in total. The number of hydrogen-bond acceptors (Lipinski definition) is 3. The summed E-state index contributed by atoms with van der Waals surface area (Å²) in [5.74, 6) is 0. The summed E-state index contributed by atoms with van der Waals surface area (Å²) in [5.41, 5.74) is 3.12. The molecular formula is C15H17NO3S. The van der Waals surface area contributed by atoms with Crippen LogP contribution in [-0.4, -0.2) is 25.2 Å². The summed E-state index contributed by atoms with van der Waals surface area (Å²) >= 11 is 0. The molecule has 1 aromatic rings. The van der Waals surface area contributed by atoms with Gasteiger partial charge in [-0.25, -0.2) is 0 Å². The van der Waals surface area contributed by atoms with Crippen LogP contribution in [0.3, 0.4) is 0 Å². The number of allylic oxidation sites excluding steroid dienone is 4. The second-order valence-electron chi connectivity index (χ2n) is 4.52. The fourth-order valence-corrected chi connectivity index (χ4v) is 2.57. The van der Waals surface area contributed by atoms with Crippen molar-refractivity contribution in [1.29, 1.82) is 0 Å². The molecule has 0 saturated carbocycles. The fourth-order valence-electron chi connectivity index (χ4n) is 2.09. The highest BCUT2D eigenvalue weighted by molar-refractivity contribution is 7.85. The molecule has 0 radical (unpaired) electrons. The Kier molecular flexibility index (Phi) is 4.52. The minimum Gasteiger partial charge on any atom is -0.285 e. The third-order valence-electron chi connectivity index (χ3n) is 3.05. The molecule has 0 fully saturated rings. The van der Waals surface area contributed by atoms with Gasteiger partial charge in [0.1, 0.15) is 0 Å². The van der Waals surface area contributed by atoms with Crippen molar-refractivity contribution in [3.63, 3.8) is 0 Å². The monoisotopic (exact) mass is 291 g/mol. The average molecular weight is 291 g/mol. The van der Waals surface area contributed by atoms with Crippen molar-refractivity contribution in [2.24, 2.45) is 4.99 Å². The molecule has 0 aliphatic heterocycles. The van der Waals surface area contributed by atoms with E-state index >= 15 is 0 Å². The number of aliphatic imine (C=N–C) groups is 1. The first-order valence-electron chi connectivity index (χ1n) is 6.47. The third-order valence-corrected chi connectivity index (χ3v) is 3.92. The van der Waals surface area contributed by atoms with E-state index in [0.717, 1.165) is 29.8 Å². The minimum absolute atomic E-state index is 0.0822. The zero-order chi connectivity index (χ0) is 14.6. The lowest BCUT2D eigenvalue weighted by atomic mass is 9.96. The molecule has 20 heavy (non-hydrogen) atoms. The van der Waals surface area contributed by atoms with E-state index in [-0.39, 0.29) is 4.90 Å². The standard InChI is InChI=1S/C15H17NO3S/c1-2-16-15-6-4-3-5-13(15)11-12-7-9-14(10-8-12)20(17,18)19/h4-10H,2-3,11H2,1H3,(H,17,18,19). The Morgan fingerprint density at radius 3 is 2.55 bits per heavy atom. The van der Waals surface area contributed by atoms with Crippen LogP contribution in [0.4, 0.5) is 0 Å². The van der Waals surface area contributed by atoms with Crippen LogP contribution in [0.15, 0.2) is 58.0 Å². The van der Waals surface area contributed by atoms with Crippen molar-refractivity contribution < 1.29 is 13.0 Å². The Bertz CT molecular complexity index is 668. The van der Waals surface area contributed by atoms with E-state index in [2.05, 4.69) is 17.1 Å². The molecule has 1 aliphatic rings. The number of hydrogen-bond donors (Lipinski definition) is 1. The first kappa shape index (κ1) is 14.7. The van der Waals surface area contributed by atoms with E-state index in [1.165, 1.54) is 12.1 Å². The molecule has 106 valence electrons. The van der Waals surface area contributed by atoms with Gasteiger partial charge in [0.25, 0.3) is 10.1 Å². The molecule has 1 aliphatic carbocycles. The van der Waals surface area contributed by atoms with Crippen molar-refractivity contribution in [3.8, 4) is 0 Å². The molecule has 0 unspecified atom stereocenters. The van der Waals surface area contributed by atoms with Crippen LogP contribution in [0, 0.1) is 0 Å². The van der Waals surface area contributed by atoms with Gasteiger partial charge in [0.15, 0.2) is 0 Å².